The molecule has 0 atom stereocenters. The molecule has 1 aliphatic heterocycles. The molecule has 1 aliphatic rings. The summed E-state index contributed by atoms with van der Waals surface area (Å²) in [5, 5.41) is 18.5. The lowest BCUT2D eigenvalue weighted by Gasteiger charge is -2.36. The van der Waals surface area contributed by atoms with Crippen molar-refractivity contribution in [3.05, 3.63) is 23.8 Å². The summed E-state index contributed by atoms with van der Waals surface area (Å²) in [6, 6.07) is 5.17. The van der Waals surface area contributed by atoms with E-state index in [9.17, 15) is 5.11 Å². The summed E-state index contributed by atoms with van der Waals surface area (Å²) >= 11 is 5.52. The van der Waals surface area contributed by atoms with Gasteiger partial charge in [-0.15, -0.1) is 0 Å². The van der Waals surface area contributed by atoms with Gasteiger partial charge in [-0.3, -0.25) is 4.90 Å². The number of phenolic OH excluding ortho intramolecular Hbond substituents is 1. The van der Waals surface area contributed by atoms with Gasteiger partial charge in [-0.2, -0.15) is 0 Å². The smallest absolute Gasteiger partial charge is 0.161 e. The van der Waals surface area contributed by atoms with Gasteiger partial charge in [0.05, 0.1) is 13.7 Å². The Labute approximate surface area is 124 Å². The molecular weight excluding hydrogens is 276 g/mol. The van der Waals surface area contributed by atoms with E-state index in [0.29, 0.717) is 12.3 Å². The highest BCUT2D eigenvalue weighted by Crippen LogP contribution is 2.27. The van der Waals surface area contributed by atoms with E-state index in [1.165, 1.54) is 7.11 Å². The lowest BCUT2D eigenvalue weighted by atomic mass is 10.1. The summed E-state index contributed by atoms with van der Waals surface area (Å²) in [5.74, 6) is 0.551. The zero-order chi connectivity index (χ0) is 14.5. The van der Waals surface area contributed by atoms with Crippen molar-refractivity contribution in [2.75, 3.05) is 46.4 Å². The molecule has 0 radical (unpaired) electrons. The first-order valence-electron chi connectivity index (χ1n) is 6.65. The molecule has 1 aromatic rings. The zero-order valence-electron chi connectivity index (χ0n) is 11.6. The number of aliphatic hydroxyl groups is 1. The fourth-order valence-electron chi connectivity index (χ4n) is 2.31. The van der Waals surface area contributed by atoms with Gasteiger partial charge < -0.3 is 19.8 Å². The third-order valence-electron chi connectivity index (χ3n) is 3.50. The Morgan fingerprint density at radius 1 is 1.30 bits per heavy atom. The zero-order valence-corrected chi connectivity index (χ0v) is 12.4. The lowest BCUT2D eigenvalue weighted by Crippen LogP contribution is -2.49. The van der Waals surface area contributed by atoms with E-state index in [0.717, 1.165) is 36.7 Å². The van der Waals surface area contributed by atoms with E-state index in [1.54, 1.807) is 18.2 Å². The van der Waals surface area contributed by atoms with Crippen LogP contribution < -0.4 is 4.74 Å². The van der Waals surface area contributed by atoms with Gasteiger partial charge in [0.2, 0.25) is 0 Å². The number of β-amino-alcohol motifs (C(OH)–C–C–N with tert-alkyl or cyclic N) is 1. The average molecular weight is 296 g/mol. The van der Waals surface area contributed by atoms with Crippen LogP contribution in [-0.4, -0.2) is 71.4 Å². The van der Waals surface area contributed by atoms with Crippen LogP contribution in [0.3, 0.4) is 0 Å². The van der Waals surface area contributed by atoms with Crippen LogP contribution in [0.5, 0.6) is 11.5 Å². The van der Waals surface area contributed by atoms with Crippen molar-refractivity contribution < 1.29 is 14.9 Å². The summed E-state index contributed by atoms with van der Waals surface area (Å²) in [7, 11) is 1.52. The number of hydrogen-bond acceptors (Lipinski definition) is 5. The van der Waals surface area contributed by atoms with E-state index < -0.39 is 0 Å². The van der Waals surface area contributed by atoms with Crippen molar-refractivity contribution in [3.8, 4) is 11.5 Å². The predicted molar refractivity (Wildman–Crippen MR) is 81.5 cm³/mol. The van der Waals surface area contributed by atoms with Crippen LogP contribution in [-0.2, 0) is 0 Å². The molecule has 6 heteroatoms. The van der Waals surface area contributed by atoms with Crippen LogP contribution in [0.15, 0.2) is 18.2 Å². The number of phenols is 1. The number of rotatable bonds is 4. The largest absolute Gasteiger partial charge is 0.504 e. The van der Waals surface area contributed by atoms with E-state index in [1.807, 2.05) is 0 Å². The number of methoxy groups -OCH3 is 1. The van der Waals surface area contributed by atoms with Crippen LogP contribution in [0, 0.1) is 0 Å². The van der Waals surface area contributed by atoms with Crippen molar-refractivity contribution in [1.82, 2.24) is 9.80 Å². The molecule has 0 bridgehead atoms. The van der Waals surface area contributed by atoms with Crippen LogP contribution in [0.2, 0.25) is 0 Å². The normalized spacial score (nSPS) is 16.2. The molecule has 0 unspecified atom stereocenters. The number of aliphatic hydroxyl groups excluding tert-OH is 1. The van der Waals surface area contributed by atoms with Gasteiger partial charge in [-0.25, -0.2) is 0 Å². The van der Waals surface area contributed by atoms with Crippen LogP contribution >= 0.6 is 12.2 Å². The Bertz CT molecular complexity index is 473. The molecule has 5 nitrogen and oxygen atoms in total. The van der Waals surface area contributed by atoms with Gasteiger partial charge in [0, 0.05) is 38.3 Å². The topological polar surface area (TPSA) is 56.2 Å². The molecule has 2 N–H and O–H groups in total. The minimum Gasteiger partial charge on any atom is -0.504 e. The Morgan fingerprint density at radius 2 is 2.00 bits per heavy atom. The molecule has 20 heavy (non-hydrogen) atoms. The van der Waals surface area contributed by atoms with Gasteiger partial charge in [-0.1, -0.05) is 12.2 Å². The molecule has 1 saturated heterocycles. The highest BCUT2D eigenvalue weighted by molar-refractivity contribution is 7.80. The van der Waals surface area contributed by atoms with E-state index in [-0.39, 0.29) is 12.4 Å². The Kier molecular flexibility index (Phi) is 5.17. The standard InChI is InChI=1S/C14H20N2O3S/c1-19-13-10-11(2-3-12(13)18)14(20)16-6-4-15(5-7-16)8-9-17/h2-3,10,17-18H,4-9H2,1H3. The number of nitrogens with zero attached hydrogens (tertiary/aromatic N) is 2. The van der Waals surface area contributed by atoms with Gasteiger partial charge in [0.15, 0.2) is 11.5 Å². The molecule has 1 fully saturated rings. The second kappa shape index (κ2) is 6.88. The lowest BCUT2D eigenvalue weighted by molar-refractivity contribution is 0.148. The SMILES string of the molecule is COc1cc(C(=S)N2CCN(CCO)CC2)ccc1O. The summed E-state index contributed by atoms with van der Waals surface area (Å²) < 4.78 is 5.11. The number of aromatic hydroxyl groups is 1. The Balaban J connectivity index is 2.02. The number of benzene rings is 1. The molecule has 0 aliphatic carbocycles. The number of piperazine rings is 1. The highest BCUT2D eigenvalue weighted by atomic mass is 32.1. The Hall–Kier alpha value is -1.37. The van der Waals surface area contributed by atoms with E-state index >= 15 is 0 Å². The maximum atomic E-state index is 9.61. The maximum Gasteiger partial charge on any atom is 0.161 e. The number of thiocarbonyl (C=S) groups is 1. The quantitative estimate of drug-likeness (QED) is 0.797. The van der Waals surface area contributed by atoms with Crippen molar-refractivity contribution >= 4 is 17.2 Å². The number of ether oxygens (including phenoxy) is 1. The molecule has 0 amide bonds. The summed E-state index contributed by atoms with van der Waals surface area (Å²) in [6.45, 7) is 4.41. The second-order valence-electron chi connectivity index (χ2n) is 4.74. The van der Waals surface area contributed by atoms with Crippen molar-refractivity contribution in [2.45, 2.75) is 0 Å². The fourth-order valence-corrected chi connectivity index (χ4v) is 2.62. The molecule has 2 rings (SSSR count). The minimum atomic E-state index is 0.117. The van der Waals surface area contributed by atoms with Crippen LogP contribution in [0.1, 0.15) is 5.56 Å². The monoisotopic (exact) mass is 296 g/mol. The first-order chi connectivity index (χ1) is 9.65. The van der Waals surface area contributed by atoms with Gasteiger partial charge in [0.1, 0.15) is 4.99 Å². The van der Waals surface area contributed by atoms with Crippen molar-refractivity contribution in [2.24, 2.45) is 0 Å². The molecular formula is C14H20N2O3S. The third kappa shape index (κ3) is 3.39. The van der Waals surface area contributed by atoms with Crippen LogP contribution in [0.4, 0.5) is 0 Å². The van der Waals surface area contributed by atoms with Gasteiger partial charge in [-0.05, 0) is 18.2 Å². The van der Waals surface area contributed by atoms with Crippen LogP contribution in [0.25, 0.3) is 0 Å². The Morgan fingerprint density at radius 3 is 2.60 bits per heavy atom. The number of hydrogen-bond donors (Lipinski definition) is 2. The minimum absolute atomic E-state index is 0.117. The molecule has 110 valence electrons. The second-order valence-corrected chi connectivity index (χ2v) is 5.13. The van der Waals surface area contributed by atoms with Crippen molar-refractivity contribution in [1.29, 1.82) is 0 Å². The van der Waals surface area contributed by atoms with Gasteiger partial charge in [0.25, 0.3) is 0 Å². The summed E-state index contributed by atoms with van der Waals surface area (Å²) in [5.41, 5.74) is 0.880. The van der Waals surface area contributed by atoms with E-state index in [4.69, 9.17) is 22.1 Å². The van der Waals surface area contributed by atoms with Crippen molar-refractivity contribution in [3.63, 3.8) is 0 Å². The summed E-state index contributed by atoms with van der Waals surface area (Å²) in [6.07, 6.45) is 0. The third-order valence-corrected chi connectivity index (χ3v) is 4.00. The fraction of sp³-hybridized carbons (Fsp3) is 0.500. The first-order valence-corrected chi connectivity index (χ1v) is 7.06. The predicted octanol–water partition coefficient (Wildman–Crippen LogP) is 0.686. The average Bonchev–Trinajstić information content (AvgIpc) is 2.48. The molecule has 0 aromatic heterocycles. The molecule has 1 heterocycles. The van der Waals surface area contributed by atoms with Gasteiger partial charge >= 0.3 is 0 Å². The first kappa shape index (κ1) is 15.0. The molecule has 0 spiro atoms. The highest BCUT2D eigenvalue weighted by Gasteiger charge is 2.19. The molecule has 0 saturated carbocycles. The summed E-state index contributed by atoms with van der Waals surface area (Å²) in [4.78, 5) is 5.14. The van der Waals surface area contributed by atoms with E-state index in [2.05, 4.69) is 9.80 Å². The maximum absolute atomic E-state index is 9.61. The molecule has 1 aromatic carbocycles.